The number of amides is 1. The number of alkyl halides is 3. The highest BCUT2D eigenvalue weighted by Gasteiger charge is 2.30. The Bertz CT molecular complexity index is 811. The number of ether oxygens (including phenoxy) is 2. The van der Waals surface area contributed by atoms with E-state index in [2.05, 4.69) is 0 Å². The Morgan fingerprint density at radius 1 is 0.966 bits per heavy atom. The molecule has 0 bridgehead atoms. The van der Waals surface area contributed by atoms with E-state index in [4.69, 9.17) is 9.47 Å². The molecule has 0 radical (unpaired) electrons. The van der Waals surface area contributed by atoms with Crippen molar-refractivity contribution in [2.75, 3.05) is 13.1 Å². The smallest absolute Gasteiger partial charge is 0.416 e. The lowest BCUT2D eigenvalue weighted by atomic mass is 10.2. The third-order valence-electron chi connectivity index (χ3n) is 4.15. The van der Waals surface area contributed by atoms with Gasteiger partial charge in [0.2, 0.25) is 5.91 Å². The first-order valence-corrected chi connectivity index (χ1v) is 9.31. The van der Waals surface area contributed by atoms with Crippen LogP contribution in [0.3, 0.4) is 0 Å². The molecule has 0 aliphatic rings. The number of halogens is 3. The summed E-state index contributed by atoms with van der Waals surface area (Å²) < 4.78 is 49.0. The highest BCUT2D eigenvalue weighted by molar-refractivity contribution is 5.87. The van der Waals surface area contributed by atoms with Crippen LogP contribution in [-0.2, 0) is 11.0 Å². The maximum atomic E-state index is 12.6. The molecule has 0 saturated carbocycles. The van der Waals surface area contributed by atoms with Crippen LogP contribution in [0, 0.1) is 0 Å². The molecule has 0 heterocycles. The van der Waals surface area contributed by atoms with Crippen molar-refractivity contribution < 1.29 is 27.4 Å². The topological polar surface area (TPSA) is 38.8 Å². The van der Waals surface area contributed by atoms with E-state index in [1.54, 1.807) is 35.2 Å². The molecule has 1 amide bonds. The Morgan fingerprint density at radius 3 is 1.93 bits per heavy atom. The van der Waals surface area contributed by atoms with Gasteiger partial charge in [0.15, 0.2) is 0 Å². The SMILES string of the molecule is CCN(CC)C(=O)C=CC(C)Oc1ccc(Oc2ccc(C(F)(F)F)cc2)cc1. The van der Waals surface area contributed by atoms with Gasteiger partial charge in [-0.25, -0.2) is 0 Å². The number of rotatable bonds is 8. The number of nitrogens with zero attached hydrogens (tertiary/aromatic N) is 1. The van der Waals surface area contributed by atoms with Gasteiger partial charge in [0, 0.05) is 19.2 Å². The first-order chi connectivity index (χ1) is 13.7. The van der Waals surface area contributed by atoms with Crippen LogP contribution >= 0.6 is 0 Å². The lowest BCUT2D eigenvalue weighted by Crippen LogP contribution is -2.29. The number of likely N-dealkylation sites (N-methyl/N-ethyl adjacent to an activating group) is 1. The molecule has 0 N–H and O–H groups in total. The fourth-order valence-corrected chi connectivity index (χ4v) is 2.55. The van der Waals surface area contributed by atoms with E-state index in [0.29, 0.717) is 30.3 Å². The molecule has 0 aliphatic carbocycles. The van der Waals surface area contributed by atoms with Crippen LogP contribution < -0.4 is 9.47 Å². The molecule has 0 aromatic heterocycles. The van der Waals surface area contributed by atoms with Gasteiger partial charge in [-0.05, 0) is 75.4 Å². The minimum Gasteiger partial charge on any atom is -0.487 e. The second-order valence-electron chi connectivity index (χ2n) is 6.29. The summed E-state index contributed by atoms with van der Waals surface area (Å²) in [6, 6.07) is 11.2. The first kappa shape index (κ1) is 22.3. The van der Waals surface area contributed by atoms with Crippen LogP contribution in [0.1, 0.15) is 26.3 Å². The van der Waals surface area contributed by atoms with Crippen molar-refractivity contribution in [2.45, 2.75) is 33.1 Å². The van der Waals surface area contributed by atoms with Gasteiger partial charge in [-0.3, -0.25) is 4.79 Å². The summed E-state index contributed by atoms with van der Waals surface area (Å²) in [6.45, 7) is 6.95. The van der Waals surface area contributed by atoms with Crippen molar-refractivity contribution in [2.24, 2.45) is 0 Å². The molecule has 4 nitrogen and oxygen atoms in total. The van der Waals surface area contributed by atoms with Gasteiger partial charge in [-0.1, -0.05) is 0 Å². The van der Waals surface area contributed by atoms with Gasteiger partial charge in [0.1, 0.15) is 23.4 Å². The lowest BCUT2D eigenvalue weighted by molar-refractivity contribution is -0.137. The van der Waals surface area contributed by atoms with Crippen LogP contribution in [0.25, 0.3) is 0 Å². The molecular weight excluding hydrogens is 383 g/mol. The Balaban J connectivity index is 1.92. The highest BCUT2D eigenvalue weighted by atomic mass is 19.4. The molecular formula is C22H24F3NO3. The van der Waals surface area contributed by atoms with Crippen LogP contribution in [0.2, 0.25) is 0 Å². The lowest BCUT2D eigenvalue weighted by Gasteiger charge is -2.16. The molecule has 0 fully saturated rings. The second-order valence-corrected chi connectivity index (χ2v) is 6.29. The van der Waals surface area contributed by atoms with Crippen molar-refractivity contribution >= 4 is 5.91 Å². The molecule has 1 atom stereocenters. The maximum Gasteiger partial charge on any atom is 0.416 e. The summed E-state index contributed by atoms with van der Waals surface area (Å²) >= 11 is 0. The molecule has 0 saturated heterocycles. The van der Waals surface area contributed by atoms with E-state index >= 15 is 0 Å². The summed E-state index contributed by atoms with van der Waals surface area (Å²) in [5.41, 5.74) is -0.727. The molecule has 156 valence electrons. The van der Waals surface area contributed by atoms with E-state index in [-0.39, 0.29) is 12.0 Å². The Labute approximate surface area is 168 Å². The molecule has 1 unspecified atom stereocenters. The van der Waals surface area contributed by atoms with Crippen molar-refractivity contribution in [1.82, 2.24) is 4.90 Å². The van der Waals surface area contributed by atoms with Gasteiger partial charge in [0.25, 0.3) is 0 Å². The molecule has 0 spiro atoms. The minimum atomic E-state index is -4.38. The van der Waals surface area contributed by atoms with Gasteiger partial charge < -0.3 is 14.4 Å². The number of hydrogen-bond donors (Lipinski definition) is 0. The van der Waals surface area contributed by atoms with Gasteiger partial charge >= 0.3 is 6.18 Å². The summed E-state index contributed by atoms with van der Waals surface area (Å²) in [7, 11) is 0. The quantitative estimate of drug-likeness (QED) is 0.528. The van der Waals surface area contributed by atoms with Gasteiger partial charge in [-0.15, -0.1) is 0 Å². The predicted octanol–water partition coefficient (Wildman–Crippen LogP) is 5.69. The summed E-state index contributed by atoms with van der Waals surface area (Å²) in [5.74, 6) is 1.29. The molecule has 2 rings (SSSR count). The monoisotopic (exact) mass is 407 g/mol. The van der Waals surface area contributed by atoms with E-state index in [1.807, 2.05) is 20.8 Å². The minimum absolute atomic E-state index is 0.0641. The number of carbonyl (C=O) groups excluding carboxylic acids is 1. The van der Waals surface area contributed by atoms with E-state index in [0.717, 1.165) is 12.1 Å². The maximum absolute atomic E-state index is 12.6. The normalized spacial score (nSPS) is 12.6. The second kappa shape index (κ2) is 10.0. The van der Waals surface area contributed by atoms with Crippen LogP contribution in [-0.4, -0.2) is 30.0 Å². The molecule has 29 heavy (non-hydrogen) atoms. The van der Waals surface area contributed by atoms with Crippen molar-refractivity contribution in [3.8, 4) is 17.2 Å². The zero-order chi connectivity index (χ0) is 21.4. The largest absolute Gasteiger partial charge is 0.487 e. The Kier molecular flexibility index (Phi) is 7.70. The molecule has 7 heteroatoms. The van der Waals surface area contributed by atoms with Gasteiger partial charge in [-0.2, -0.15) is 13.2 Å². The highest BCUT2D eigenvalue weighted by Crippen LogP contribution is 2.31. The summed E-state index contributed by atoms with van der Waals surface area (Å²) in [5, 5.41) is 0. The Hall–Kier alpha value is -2.96. The summed E-state index contributed by atoms with van der Waals surface area (Å²) in [6.07, 6.45) is -1.50. The van der Waals surface area contributed by atoms with E-state index < -0.39 is 11.7 Å². The molecule has 2 aromatic carbocycles. The number of benzene rings is 2. The Morgan fingerprint density at radius 2 is 1.45 bits per heavy atom. The molecule has 2 aromatic rings. The molecule has 0 aliphatic heterocycles. The predicted molar refractivity (Wildman–Crippen MR) is 105 cm³/mol. The average Bonchev–Trinajstić information content (AvgIpc) is 2.68. The fraction of sp³-hybridized carbons (Fsp3) is 0.318. The standard InChI is InChI=1S/C22H24F3NO3/c1-4-26(5-2)21(27)15-6-16(3)28-18-11-13-20(14-12-18)29-19-9-7-17(8-10-19)22(23,24)25/h6-16H,4-5H2,1-3H3. The van der Waals surface area contributed by atoms with Crippen LogP contribution in [0.15, 0.2) is 60.7 Å². The third-order valence-corrected chi connectivity index (χ3v) is 4.15. The number of hydrogen-bond acceptors (Lipinski definition) is 3. The summed E-state index contributed by atoms with van der Waals surface area (Å²) in [4.78, 5) is 13.7. The van der Waals surface area contributed by atoms with E-state index in [1.165, 1.54) is 18.2 Å². The fourth-order valence-electron chi connectivity index (χ4n) is 2.55. The van der Waals surface area contributed by atoms with Gasteiger partial charge in [0.05, 0.1) is 5.56 Å². The van der Waals surface area contributed by atoms with Crippen molar-refractivity contribution in [3.05, 3.63) is 66.2 Å². The first-order valence-electron chi connectivity index (χ1n) is 9.31. The van der Waals surface area contributed by atoms with Crippen molar-refractivity contribution in [1.29, 1.82) is 0 Å². The third kappa shape index (κ3) is 6.85. The zero-order valence-electron chi connectivity index (χ0n) is 16.6. The van der Waals surface area contributed by atoms with Crippen LogP contribution in [0.5, 0.6) is 17.2 Å². The van der Waals surface area contributed by atoms with Crippen molar-refractivity contribution in [3.63, 3.8) is 0 Å². The van der Waals surface area contributed by atoms with Crippen LogP contribution in [0.4, 0.5) is 13.2 Å². The van der Waals surface area contributed by atoms with E-state index in [9.17, 15) is 18.0 Å². The average molecular weight is 407 g/mol. The number of carbonyl (C=O) groups is 1. The zero-order valence-corrected chi connectivity index (χ0v) is 16.6.